The molecule has 1 amide bonds. The summed E-state index contributed by atoms with van der Waals surface area (Å²) in [5, 5.41) is 25.1. The summed E-state index contributed by atoms with van der Waals surface area (Å²) in [5.74, 6) is -2.12. The monoisotopic (exact) mass is 616 g/mol. The second-order valence-corrected chi connectivity index (χ2v) is 11.6. The van der Waals surface area contributed by atoms with Crippen LogP contribution in [0.4, 0.5) is 4.39 Å². The number of ether oxygens (including phenoxy) is 2. The molecule has 204 valence electrons. The number of hydrogen-bond donors (Lipinski definition) is 2. The lowest BCUT2D eigenvalue weighted by molar-refractivity contribution is -0.157. The van der Waals surface area contributed by atoms with E-state index in [-0.39, 0.29) is 54.2 Å². The standard InChI is InChI=1S/C29H27BrClFN2O5/c1-38-26-24-20(15-21(31)33-26)39-29(17-7-9-18(30)10-8-17)23(16-5-3-2-4-6-16)22(25(35)28(24,29)37)27(36)34-13-11-19(32)12-14-34/h2-10,15,19,22-23,25,35,37H,11-14H2,1H3/t22-,23-,25-,28+,29+/m1/s1. The number of methoxy groups -OCH3 is 1. The van der Waals surface area contributed by atoms with Gasteiger partial charge in [-0.25, -0.2) is 9.37 Å². The van der Waals surface area contributed by atoms with Crippen molar-refractivity contribution in [3.05, 3.63) is 87.0 Å². The van der Waals surface area contributed by atoms with Gasteiger partial charge in [0.05, 0.1) is 18.6 Å². The van der Waals surface area contributed by atoms with Crippen LogP contribution in [0.2, 0.25) is 5.15 Å². The molecule has 39 heavy (non-hydrogen) atoms. The molecule has 1 saturated heterocycles. The molecule has 10 heteroatoms. The molecule has 3 heterocycles. The largest absolute Gasteiger partial charge is 0.481 e. The van der Waals surface area contributed by atoms with Gasteiger partial charge in [0.25, 0.3) is 0 Å². The van der Waals surface area contributed by atoms with Crippen LogP contribution in [-0.2, 0) is 16.0 Å². The molecule has 5 atom stereocenters. The maximum Gasteiger partial charge on any atom is 0.229 e. The highest BCUT2D eigenvalue weighted by atomic mass is 79.9. The average Bonchev–Trinajstić information content (AvgIpc) is 3.31. The van der Waals surface area contributed by atoms with Crippen molar-refractivity contribution in [2.75, 3.05) is 20.2 Å². The Morgan fingerprint density at radius 2 is 1.85 bits per heavy atom. The van der Waals surface area contributed by atoms with E-state index in [2.05, 4.69) is 20.9 Å². The Morgan fingerprint density at radius 1 is 1.18 bits per heavy atom. The predicted octanol–water partition coefficient (Wildman–Crippen LogP) is 4.72. The summed E-state index contributed by atoms with van der Waals surface area (Å²) in [4.78, 5) is 20.1. The summed E-state index contributed by atoms with van der Waals surface area (Å²) in [6, 6.07) is 17.9. The summed E-state index contributed by atoms with van der Waals surface area (Å²) in [6.45, 7) is 0.457. The van der Waals surface area contributed by atoms with E-state index < -0.39 is 35.3 Å². The van der Waals surface area contributed by atoms with Gasteiger partial charge < -0.3 is 24.6 Å². The Bertz CT molecular complexity index is 1400. The smallest absolute Gasteiger partial charge is 0.229 e. The van der Waals surface area contributed by atoms with E-state index in [0.717, 1.165) is 4.47 Å². The van der Waals surface area contributed by atoms with Crippen LogP contribution in [0.3, 0.4) is 0 Å². The van der Waals surface area contributed by atoms with E-state index in [4.69, 9.17) is 21.1 Å². The van der Waals surface area contributed by atoms with Crippen LogP contribution in [0.25, 0.3) is 0 Å². The summed E-state index contributed by atoms with van der Waals surface area (Å²) in [7, 11) is 1.39. The van der Waals surface area contributed by atoms with Crippen molar-refractivity contribution < 1.29 is 28.9 Å². The lowest BCUT2D eigenvalue weighted by atomic mass is 9.70. The number of amides is 1. The first-order valence-electron chi connectivity index (χ1n) is 12.8. The number of benzene rings is 2. The molecule has 3 aliphatic rings. The van der Waals surface area contributed by atoms with Crippen molar-refractivity contribution in [2.45, 2.75) is 42.2 Å². The SMILES string of the molecule is COc1nc(Cl)cc2c1[C@]1(O)[C@H](O)[C@H](C(=O)N3CCC(F)CC3)[C@@H](c3ccccc3)[C@]1(c1ccc(Br)cc1)O2. The molecule has 2 aliphatic heterocycles. The number of rotatable bonds is 4. The van der Waals surface area contributed by atoms with E-state index in [9.17, 15) is 19.4 Å². The number of piperidine rings is 1. The average molecular weight is 618 g/mol. The van der Waals surface area contributed by atoms with Gasteiger partial charge in [-0.1, -0.05) is 70.0 Å². The number of nitrogens with zero attached hydrogens (tertiary/aromatic N) is 2. The highest BCUT2D eigenvalue weighted by Crippen LogP contribution is 2.70. The number of halogens is 3. The molecular weight excluding hydrogens is 591 g/mol. The third-order valence-corrected chi connectivity index (χ3v) is 9.07. The quantitative estimate of drug-likeness (QED) is 0.412. The second-order valence-electron chi connectivity index (χ2n) is 10.3. The minimum absolute atomic E-state index is 0.00353. The van der Waals surface area contributed by atoms with E-state index in [0.29, 0.717) is 11.1 Å². The molecule has 3 aromatic rings. The van der Waals surface area contributed by atoms with Gasteiger partial charge in [0.2, 0.25) is 11.8 Å². The van der Waals surface area contributed by atoms with Gasteiger partial charge >= 0.3 is 0 Å². The number of carbonyl (C=O) groups is 1. The van der Waals surface area contributed by atoms with E-state index in [1.165, 1.54) is 13.2 Å². The summed E-state index contributed by atoms with van der Waals surface area (Å²) in [5.41, 5.74) is -2.44. The van der Waals surface area contributed by atoms with Crippen LogP contribution in [-0.4, -0.2) is 58.5 Å². The molecule has 1 aromatic heterocycles. The molecule has 0 spiro atoms. The number of alkyl halides is 1. The van der Waals surface area contributed by atoms with Gasteiger partial charge in [-0.2, -0.15) is 0 Å². The van der Waals surface area contributed by atoms with Gasteiger partial charge in [0, 0.05) is 29.5 Å². The van der Waals surface area contributed by atoms with Crippen molar-refractivity contribution in [3.63, 3.8) is 0 Å². The molecular formula is C29H27BrClFN2O5. The van der Waals surface area contributed by atoms with E-state index >= 15 is 0 Å². The number of hydrogen-bond acceptors (Lipinski definition) is 6. The molecule has 1 aliphatic carbocycles. The highest BCUT2D eigenvalue weighted by Gasteiger charge is 2.78. The number of pyridine rings is 1. The van der Waals surface area contributed by atoms with Gasteiger partial charge in [-0.05, 0) is 36.1 Å². The number of aliphatic hydroxyl groups excluding tert-OH is 1. The molecule has 0 unspecified atom stereocenters. The maximum atomic E-state index is 14.2. The Balaban J connectivity index is 1.63. The zero-order chi connectivity index (χ0) is 27.5. The molecule has 1 saturated carbocycles. The number of aromatic nitrogens is 1. The highest BCUT2D eigenvalue weighted by molar-refractivity contribution is 9.10. The zero-order valence-electron chi connectivity index (χ0n) is 21.1. The molecule has 2 aromatic carbocycles. The Kier molecular flexibility index (Phi) is 6.61. The third kappa shape index (κ3) is 3.81. The van der Waals surface area contributed by atoms with Crippen LogP contribution in [0.5, 0.6) is 11.6 Å². The fraction of sp³-hybridized carbons (Fsp3) is 0.379. The fourth-order valence-electron chi connectivity index (χ4n) is 6.67. The summed E-state index contributed by atoms with van der Waals surface area (Å²) < 4.78 is 27.1. The van der Waals surface area contributed by atoms with Crippen LogP contribution >= 0.6 is 27.5 Å². The number of likely N-dealkylation sites (tertiary alicyclic amines) is 1. The maximum absolute atomic E-state index is 14.2. The Labute approximate surface area is 238 Å². The van der Waals surface area contributed by atoms with Crippen molar-refractivity contribution in [3.8, 4) is 11.6 Å². The summed E-state index contributed by atoms with van der Waals surface area (Å²) >= 11 is 9.76. The van der Waals surface area contributed by atoms with Crippen LogP contribution < -0.4 is 9.47 Å². The van der Waals surface area contributed by atoms with Crippen LogP contribution in [0.1, 0.15) is 35.4 Å². The first kappa shape index (κ1) is 26.5. The molecule has 2 N–H and O–H groups in total. The molecule has 0 radical (unpaired) electrons. The first-order valence-corrected chi connectivity index (χ1v) is 14.0. The topological polar surface area (TPSA) is 92.1 Å². The lowest BCUT2D eigenvalue weighted by Gasteiger charge is -2.41. The predicted molar refractivity (Wildman–Crippen MR) is 146 cm³/mol. The van der Waals surface area contributed by atoms with Crippen molar-refractivity contribution in [1.82, 2.24) is 9.88 Å². The number of fused-ring (bicyclic) bond motifs is 3. The molecule has 0 bridgehead atoms. The zero-order valence-corrected chi connectivity index (χ0v) is 23.4. The van der Waals surface area contributed by atoms with Crippen molar-refractivity contribution in [2.24, 2.45) is 5.92 Å². The fourth-order valence-corrected chi connectivity index (χ4v) is 7.11. The van der Waals surface area contributed by atoms with Crippen molar-refractivity contribution in [1.29, 1.82) is 0 Å². The molecule has 7 nitrogen and oxygen atoms in total. The van der Waals surface area contributed by atoms with E-state index in [1.807, 2.05) is 42.5 Å². The molecule has 6 rings (SSSR count). The molecule has 2 fully saturated rings. The lowest BCUT2D eigenvalue weighted by Crippen LogP contribution is -2.52. The second kappa shape index (κ2) is 9.73. The Morgan fingerprint density at radius 3 is 2.49 bits per heavy atom. The Hall–Kier alpha value is -2.72. The van der Waals surface area contributed by atoms with E-state index in [1.54, 1.807) is 17.0 Å². The number of aliphatic hydroxyl groups is 2. The van der Waals surface area contributed by atoms with Crippen molar-refractivity contribution >= 4 is 33.4 Å². The normalized spacial score (nSPS) is 30.0. The van der Waals surface area contributed by atoms with Crippen LogP contribution in [0, 0.1) is 5.92 Å². The van der Waals surface area contributed by atoms with Gasteiger partial charge in [-0.15, -0.1) is 0 Å². The van der Waals surface area contributed by atoms with Crippen LogP contribution in [0.15, 0.2) is 65.1 Å². The first-order chi connectivity index (χ1) is 18.7. The van der Waals surface area contributed by atoms with Gasteiger partial charge in [-0.3, -0.25) is 4.79 Å². The van der Waals surface area contributed by atoms with Gasteiger partial charge in [0.1, 0.15) is 23.2 Å². The third-order valence-electron chi connectivity index (χ3n) is 8.35. The summed E-state index contributed by atoms with van der Waals surface area (Å²) in [6.07, 6.45) is -2.15. The minimum Gasteiger partial charge on any atom is -0.481 e. The van der Waals surface area contributed by atoms with Gasteiger partial charge in [0.15, 0.2) is 11.2 Å². The minimum atomic E-state index is -2.15. The number of carbonyl (C=O) groups excluding carboxylic acids is 1.